The van der Waals surface area contributed by atoms with Crippen LogP contribution >= 0.6 is 0 Å². The number of allylic oxidation sites excluding steroid dienone is 11. The van der Waals surface area contributed by atoms with Crippen LogP contribution in [0.2, 0.25) is 0 Å². The molecule has 1 N–H and O–H groups in total. The highest BCUT2D eigenvalue weighted by Crippen LogP contribution is 2.07. The number of carboxylic acid groups (broad SMARTS) is 1. The molecule has 0 aromatic carbocycles. The van der Waals surface area contributed by atoms with Crippen LogP contribution in [0.15, 0.2) is 72.4 Å². The first kappa shape index (κ1) is 22.9. The third-order valence-electron chi connectivity index (χ3n) is 3.47. The van der Waals surface area contributed by atoms with Gasteiger partial charge >= 0.3 is 5.97 Å². The van der Waals surface area contributed by atoms with E-state index in [0.29, 0.717) is 0 Å². The molecule has 2 heteroatoms. The monoisotopic (exact) mass is 342 g/mol. The lowest BCUT2D eigenvalue weighted by Gasteiger charge is -1.96. The van der Waals surface area contributed by atoms with Gasteiger partial charge in [0, 0.05) is 6.08 Å². The third kappa shape index (κ3) is 19.9. The summed E-state index contributed by atoms with van der Waals surface area (Å²) < 4.78 is 0. The molecule has 0 heterocycles. The van der Waals surface area contributed by atoms with Crippen LogP contribution in [0.5, 0.6) is 0 Å². The van der Waals surface area contributed by atoms with E-state index in [1.54, 1.807) is 0 Å². The summed E-state index contributed by atoms with van der Waals surface area (Å²) in [5.74, 6) is -0.854. The summed E-state index contributed by atoms with van der Waals surface area (Å²) in [4.78, 5) is 10.5. The minimum Gasteiger partial charge on any atom is -0.478 e. The summed E-state index contributed by atoms with van der Waals surface area (Å²) in [5.41, 5.74) is 0.930. The van der Waals surface area contributed by atoms with Crippen molar-refractivity contribution in [2.45, 2.75) is 65.2 Å². The molecule has 0 radical (unpaired) electrons. The average molecular weight is 343 g/mol. The predicted molar refractivity (Wildman–Crippen MR) is 110 cm³/mol. The maximum absolute atomic E-state index is 10.5. The summed E-state index contributed by atoms with van der Waals surface area (Å²) in [7, 11) is 0. The molecule has 0 aromatic heterocycles. The number of carbonyl (C=O) groups is 1. The van der Waals surface area contributed by atoms with Gasteiger partial charge in [-0.1, -0.05) is 73.3 Å². The zero-order valence-electron chi connectivity index (χ0n) is 15.9. The van der Waals surface area contributed by atoms with Gasteiger partial charge in [0.2, 0.25) is 0 Å². The normalized spacial score (nSPS) is 13.4. The molecule has 0 fully saturated rings. The van der Waals surface area contributed by atoms with Crippen LogP contribution in [0.3, 0.4) is 0 Å². The van der Waals surface area contributed by atoms with Gasteiger partial charge in [-0.2, -0.15) is 0 Å². The molecule has 0 bridgehead atoms. The topological polar surface area (TPSA) is 37.3 Å². The fraction of sp³-hybridized carbons (Fsp3) is 0.435. The van der Waals surface area contributed by atoms with Crippen molar-refractivity contribution >= 4 is 5.97 Å². The second-order valence-corrected chi connectivity index (χ2v) is 5.93. The SMILES string of the molecule is CC/C=C\C/C=C\C/C=C\C/C=C\C/C=C\CCC/C(C)=C\C(=O)O. The molecule has 0 saturated carbocycles. The summed E-state index contributed by atoms with van der Waals surface area (Å²) in [6.07, 6.45) is 31.1. The van der Waals surface area contributed by atoms with E-state index in [0.717, 1.165) is 56.9 Å². The van der Waals surface area contributed by atoms with Crippen molar-refractivity contribution in [1.82, 2.24) is 0 Å². The molecule has 0 spiro atoms. The molecular formula is C23H34O2. The van der Waals surface area contributed by atoms with Crippen LogP contribution < -0.4 is 0 Å². The second-order valence-electron chi connectivity index (χ2n) is 5.93. The van der Waals surface area contributed by atoms with Gasteiger partial charge in [0.1, 0.15) is 0 Å². The minimum atomic E-state index is -0.854. The fourth-order valence-corrected chi connectivity index (χ4v) is 2.15. The standard InChI is InChI=1S/C23H34O2/c1-3-4-5-6-7-8-9-10-11-12-13-14-15-16-17-18-19-20-22(2)21-23(24)25/h4-5,7-8,10-11,13-14,16-17,21H,3,6,9,12,15,18-20H2,1-2H3,(H,24,25)/b5-4-,8-7-,11-10-,14-13-,17-16-,22-21-. The van der Waals surface area contributed by atoms with E-state index in [9.17, 15) is 4.79 Å². The minimum absolute atomic E-state index is 0.848. The van der Waals surface area contributed by atoms with Gasteiger partial charge in [0.05, 0.1) is 0 Å². The Morgan fingerprint density at radius 2 is 1.20 bits per heavy atom. The van der Waals surface area contributed by atoms with E-state index < -0.39 is 5.97 Å². The van der Waals surface area contributed by atoms with Crippen LogP contribution in [0, 0.1) is 0 Å². The number of unbranched alkanes of at least 4 members (excludes halogenated alkanes) is 1. The highest BCUT2D eigenvalue weighted by molar-refractivity contribution is 5.80. The first-order chi connectivity index (χ1) is 12.2. The highest BCUT2D eigenvalue weighted by Gasteiger charge is 1.93. The van der Waals surface area contributed by atoms with Gasteiger partial charge < -0.3 is 5.11 Å². The van der Waals surface area contributed by atoms with Crippen LogP contribution in [0.1, 0.15) is 65.2 Å². The van der Waals surface area contributed by atoms with Gasteiger partial charge in [-0.05, 0) is 58.3 Å². The molecular weight excluding hydrogens is 308 g/mol. The molecule has 0 aliphatic rings. The smallest absolute Gasteiger partial charge is 0.328 e. The number of rotatable bonds is 14. The zero-order valence-corrected chi connectivity index (χ0v) is 15.9. The molecule has 0 aliphatic heterocycles. The zero-order chi connectivity index (χ0) is 18.6. The van der Waals surface area contributed by atoms with Gasteiger partial charge in [-0.3, -0.25) is 0 Å². The Hall–Kier alpha value is -2.09. The van der Waals surface area contributed by atoms with Gasteiger partial charge in [0.25, 0.3) is 0 Å². The van der Waals surface area contributed by atoms with E-state index in [1.165, 1.54) is 6.08 Å². The predicted octanol–water partition coefficient (Wildman–Crippen LogP) is 6.94. The van der Waals surface area contributed by atoms with E-state index in [-0.39, 0.29) is 0 Å². The van der Waals surface area contributed by atoms with Crippen molar-refractivity contribution in [2.75, 3.05) is 0 Å². The van der Waals surface area contributed by atoms with Crippen molar-refractivity contribution in [3.63, 3.8) is 0 Å². The Kier molecular flexibility index (Phi) is 16.7. The van der Waals surface area contributed by atoms with Crippen molar-refractivity contribution in [3.8, 4) is 0 Å². The molecule has 0 atom stereocenters. The molecule has 138 valence electrons. The maximum atomic E-state index is 10.5. The third-order valence-corrected chi connectivity index (χ3v) is 3.47. The fourth-order valence-electron chi connectivity index (χ4n) is 2.15. The summed E-state index contributed by atoms with van der Waals surface area (Å²) in [5, 5.41) is 8.62. The summed E-state index contributed by atoms with van der Waals surface area (Å²) in [6.45, 7) is 4.02. The van der Waals surface area contributed by atoms with Crippen molar-refractivity contribution in [3.05, 3.63) is 72.4 Å². The molecule has 25 heavy (non-hydrogen) atoms. The van der Waals surface area contributed by atoms with Crippen molar-refractivity contribution in [1.29, 1.82) is 0 Å². The summed E-state index contributed by atoms with van der Waals surface area (Å²) in [6, 6.07) is 0. The lowest BCUT2D eigenvalue weighted by atomic mass is 10.1. The Morgan fingerprint density at radius 1 is 0.760 bits per heavy atom. The molecule has 0 unspecified atom stereocenters. The maximum Gasteiger partial charge on any atom is 0.328 e. The Labute approximate surface area is 154 Å². The van der Waals surface area contributed by atoms with Crippen LogP contribution in [0.4, 0.5) is 0 Å². The summed E-state index contributed by atoms with van der Waals surface area (Å²) >= 11 is 0. The first-order valence-electron chi connectivity index (χ1n) is 9.31. The van der Waals surface area contributed by atoms with Crippen LogP contribution in [-0.4, -0.2) is 11.1 Å². The largest absolute Gasteiger partial charge is 0.478 e. The number of aliphatic carboxylic acids is 1. The van der Waals surface area contributed by atoms with Crippen LogP contribution in [-0.2, 0) is 4.79 Å². The van der Waals surface area contributed by atoms with E-state index >= 15 is 0 Å². The lowest BCUT2D eigenvalue weighted by molar-refractivity contribution is -0.131. The van der Waals surface area contributed by atoms with E-state index in [1.807, 2.05) is 6.92 Å². The Balaban J connectivity index is 3.58. The molecule has 0 aliphatic carbocycles. The molecule has 0 rings (SSSR count). The molecule has 0 aromatic rings. The van der Waals surface area contributed by atoms with Crippen LogP contribution in [0.25, 0.3) is 0 Å². The quantitative estimate of drug-likeness (QED) is 0.211. The number of hydrogen-bond acceptors (Lipinski definition) is 1. The van der Waals surface area contributed by atoms with Gasteiger partial charge in [-0.15, -0.1) is 0 Å². The van der Waals surface area contributed by atoms with Crippen molar-refractivity contribution in [2.24, 2.45) is 0 Å². The first-order valence-corrected chi connectivity index (χ1v) is 9.31. The number of carboxylic acids is 1. The Bertz CT molecular complexity index is 502. The molecule has 2 nitrogen and oxygen atoms in total. The Morgan fingerprint density at radius 3 is 1.64 bits per heavy atom. The van der Waals surface area contributed by atoms with Gasteiger partial charge in [-0.25, -0.2) is 4.79 Å². The average Bonchev–Trinajstić information content (AvgIpc) is 2.57. The van der Waals surface area contributed by atoms with E-state index in [4.69, 9.17) is 5.11 Å². The van der Waals surface area contributed by atoms with Crippen molar-refractivity contribution < 1.29 is 9.90 Å². The lowest BCUT2D eigenvalue weighted by Crippen LogP contribution is -1.89. The number of hydrogen-bond donors (Lipinski definition) is 1. The highest BCUT2D eigenvalue weighted by atomic mass is 16.4. The second kappa shape index (κ2) is 18.3. The van der Waals surface area contributed by atoms with E-state index in [2.05, 4.69) is 67.7 Å². The molecule has 0 amide bonds. The van der Waals surface area contributed by atoms with Gasteiger partial charge in [0.15, 0.2) is 0 Å². The molecule has 0 saturated heterocycles.